The number of rotatable bonds is 8. The lowest BCUT2D eigenvalue weighted by molar-refractivity contribution is -0.140. The van der Waals surface area contributed by atoms with Crippen LogP contribution in [0, 0.1) is 5.92 Å². The monoisotopic (exact) mass is 506 g/mol. The average Bonchev–Trinajstić information content (AvgIpc) is 3.13. The van der Waals surface area contributed by atoms with Crippen LogP contribution in [0.1, 0.15) is 36.6 Å². The summed E-state index contributed by atoms with van der Waals surface area (Å²) < 4.78 is 11.2. The minimum Gasteiger partial charge on any atom is -0.507 e. The molecule has 186 valence electrons. The van der Waals surface area contributed by atoms with E-state index < -0.39 is 17.7 Å². The predicted octanol–water partition coefficient (Wildman–Crippen LogP) is 5.40. The third-order valence-electron chi connectivity index (χ3n) is 5.82. The molecule has 1 aromatic heterocycles. The molecule has 2 heterocycles. The summed E-state index contributed by atoms with van der Waals surface area (Å²) in [6.07, 6.45) is 3.25. The van der Waals surface area contributed by atoms with Crippen LogP contribution in [0.15, 0.2) is 72.6 Å². The van der Waals surface area contributed by atoms with E-state index in [1.54, 1.807) is 42.7 Å². The van der Waals surface area contributed by atoms with Gasteiger partial charge in [-0.15, -0.1) is 0 Å². The highest BCUT2D eigenvalue weighted by Gasteiger charge is 2.46. The standard InChI is InChI=1S/C28H27ClN2O5/c1-17(2)16-36-21-6-4-5-19(13-21)25-24(26(32)20-7-8-22(29)23(14-20)35-3)27(33)28(34)31(25)15-18-9-11-30-12-10-18/h4-14,17,25,32H,15-16H2,1-3H3/b26-24-. The highest BCUT2D eigenvalue weighted by atomic mass is 35.5. The molecule has 0 saturated carbocycles. The molecule has 2 aromatic carbocycles. The van der Waals surface area contributed by atoms with Gasteiger partial charge in [-0.1, -0.05) is 37.6 Å². The van der Waals surface area contributed by atoms with Gasteiger partial charge in [0.25, 0.3) is 11.7 Å². The first kappa shape index (κ1) is 25.3. The van der Waals surface area contributed by atoms with Gasteiger partial charge in [0.05, 0.1) is 30.4 Å². The zero-order valence-electron chi connectivity index (χ0n) is 20.3. The van der Waals surface area contributed by atoms with Crippen LogP contribution in [0.5, 0.6) is 11.5 Å². The van der Waals surface area contributed by atoms with Crippen molar-refractivity contribution < 1.29 is 24.2 Å². The number of ketones is 1. The number of halogens is 1. The van der Waals surface area contributed by atoms with E-state index in [2.05, 4.69) is 4.98 Å². The van der Waals surface area contributed by atoms with Crippen LogP contribution < -0.4 is 9.47 Å². The number of amides is 1. The van der Waals surface area contributed by atoms with Gasteiger partial charge in [0.15, 0.2) is 0 Å². The molecule has 1 fully saturated rings. The Morgan fingerprint density at radius 3 is 2.56 bits per heavy atom. The smallest absolute Gasteiger partial charge is 0.295 e. The number of methoxy groups -OCH3 is 1. The Bertz CT molecular complexity index is 1310. The van der Waals surface area contributed by atoms with Gasteiger partial charge in [0, 0.05) is 24.5 Å². The Morgan fingerprint density at radius 1 is 1.11 bits per heavy atom. The van der Waals surface area contributed by atoms with E-state index in [0.29, 0.717) is 40.2 Å². The molecule has 1 unspecified atom stereocenters. The molecule has 0 bridgehead atoms. The van der Waals surface area contributed by atoms with Crippen LogP contribution in [0.3, 0.4) is 0 Å². The van der Waals surface area contributed by atoms with Crippen LogP contribution in [0.25, 0.3) is 5.76 Å². The summed E-state index contributed by atoms with van der Waals surface area (Å²) in [4.78, 5) is 32.1. The first-order valence-electron chi connectivity index (χ1n) is 11.5. The van der Waals surface area contributed by atoms with Crippen molar-refractivity contribution in [1.29, 1.82) is 0 Å². The number of benzene rings is 2. The van der Waals surface area contributed by atoms with Crippen LogP contribution >= 0.6 is 11.6 Å². The Hall–Kier alpha value is -3.84. The average molecular weight is 507 g/mol. The summed E-state index contributed by atoms with van der Waals surface area (Å²) in [7, 11) is 1.46. The molecule has 1 atom stereocenters. The highest BCUT2D eigenvalue weighted by Crippen LogP contribution is 2.41. The van der Waals surface area contributed by atoms with Gasteiger partial charge in [-0.05, 0) is 59.5 Å². The molecule has 0 spiro atoms. The maximum atomic E-state index is 13.3. The number of carbonyl (C=O) groups is 2. The van der Waals surface area contributed by atoms with Gasteiger partial charge in [-0.2, -0.15) is 0 Å². The molecule has 8 heteroatoms. The normalized spacial score (nSPS) is 17.0. The maximum absolute atomic E-state index is 13.3. The summed E-state index contributed by atoms with van der Waals surface area (Å²) in [5, 5.41) is 11.7. The number of hydrogen-bond donors (Lipinski definition) is 1. The SMILES string of the molecule is COc1cc(/C(O)=C2/C(=O)C(=O)N(Cc3ccncc3)C2c2cccc(OCC(C)C)c2)ccc1Cl. The molecular formula is C28H27ClN2O5. The fourth-order valence-electron chi connectivity index (χ4n) is 4.07. The van der Waals surface area contributed by atoms with Crippen molar-refractivity contribution in [2.24, 2.45) is 5.92 Å². The fourth-order valence-corrected chi connectivity index (χ4v) is 4.27. The molecule has 1 amide bonds. The molecule has 0 radical (unpaired) electrons. The van der Waals surface area contributed by atoms with Crippen molar-refractivity contribution in [3.8, 4) is 11.5 Å². The van der Waals surface area contributed by atoms with Gasteiger partial charge in [0.2, 0.25) is 0 Å². The van der Waals surface area contributed by atoms with E-state index in [0.717, 1.165) is 5.56 Å². The Morgan fingerprint density at radius 2 is 1.86 bits per heavy atom. The fraction of sp³-hybridized carbons (Fsp3) is 0.250. The number of Topliss-reactive ketones (excluding diaryl/α,β-unsaturated/α-hetero) is 1. The number of likely N-dealkylation sites (tertiary alicyclic amines) is 1. The maximum Gasteiger partial charge on any atom is 0.295 e. The van der Waals surface area contributed by atoms with E-state index in [1.807, 2.05) is 32.0 Å². The number of ether oxygens (including phenoxy) is 2. The second-order valence-corrected chi connectivity index (χ2v) is 9.32. The number of aromatic nitrogens is 1. The number of carbonyl (C=O) groups excluding carboxylic acids is 2. The summed E-state index contributed by atoms with van der Waals surface area (Å²) in [6, 6.07) is 14.7. The number of aliphatic hydroxyl groups is 1. The zero-order valence-corrected chi connectivity index (χ0v) is 21.0. The van der Waals surface area contributed by atoms with Gasteiger partial charge in [-0.3, -0.25) is 14.6 Å². The van der Waals surface area contributed by atoms with Crippen LogP contribution in [0.4, 0.5) is 0 Å². The van der Waals surface area contributed by atoms with Crippen molar-refractivity contribution in [2.75, 3.05) is 13.7 Å². The van der Waals surface area contributed by atoms with Gasteiger partial charge >= 0.3 is 0 Å². The number of pyridine rings is 1. The largest absolute Gasteiger partial charge is 0.507 e. The van der Waals surface area contributed by atoms with Crippen LogP contribution in [0.2, 0.25) is 5.02 Å². The topological polar surface area (TPSA) is 89.0 Å². The van der Waals surface area contributed by atoms with Crippen LogP contribution in [-0.2, 0) is 16.1 Å². The summed E-state index contributed by atoms with van der Waals surface area (Å²) in [5.74, 6) is -0.497. The predicted molar refractivity (Wildman–Crippen MR) is 137 cm³/mol. The molecule has 0 aliphatic carbocycles. The molecule has 7 nitrogen and oxygen atoms in total. The van der Waals surface area contributed by atoms with E-state index in [9.17, 15) is 14.7 Å². The lowest BCUT2D eigenvalue weighted by Crippen LogP contribution is -2.29. The van der Waals surface area contributed by atoms with Crippen molar-refractivity contribution in [1.82, 2.24) is 9.88 Å². The molecule has 1 saturated heterocycles. The van der Waals surface area contributed by atoms with E-state index >= 15 is 0 Å². The first-order valence-corrected chi connectivity index (χ1v) is 11.9. The van der Waals surface area contributed by atoms with Crippen molar-refractivity contribution in [3.05, 3.63) is 94.3 Å². The quantitative estimate of drug-likeness (QED) is 0.250. The van der Waals surface area contributed by atoms with Crippen molar-refractivity contribution >= 4 is 29.1 Å². The number of nitrogens with zero attached hydrogens (tertiary/aromatic N) is 2. The lowest BCUT2D eigenvalue weighted by atomic mass is 9.95. The molecular weight excluding hydrogens is 480 g/mol. The van der Waals surface area contributed by atoms with E-state index in [1.165, 1.54) is 18.1 Å². The third kappa shape index (κ3) is 5.21. The van der Waals surface area contributed by atoms with Gasteiger partial charge < -0.3 is 19.5 Å². The summed E-state index contributed by atoms with van der Waals surface area (Å²) in [6.45, 7) is 4.78. The van der Waals surface area contributed by atoms with Gasteiger partial charge in [0.1, 0.15) is 17.3 Å². The highest BCUT2D eigenvalue weighted by molar-refractivity contribution is 6.46. The number of aliphatic hydroxyl groups excluding tert-OH is 1. The minimum atomic E-state index is -0.831. The van der Waals surface area contributed by atoms with Gasteiger partial charge in [-0.25, -0.2) is 0 Å². The first-order chi connectivity index (χ1) is 17.3. The Labute approximate surface area is 214 Å². The molecule has 4 rings (SSSR count). The Balaban J connectivity index is 1.85. The second-order valence-electron chi connectivity index (χ2n) is 8.91. The third-order valence-corrected chi connectivity index (χ3v) is 6.14. The van der Waals surface area contributed by atoms with Crippen molar-refractivity contribution in [2.45, 2.75) is 26.4 Å². The number of hydrogen-bond acceptors (Lipinski definition) is 6. The molecule has 3 aromatic rings. The summed E-state index contributed by atoms with van der Waals surface area (Å²) in [5.41, 5.74) is 1.75. The van der Waals surface area contributed by atoms with E-state index in [-0.39, 0.29) is 17.9 Å². The van der Waals surface area contributed by atoms with Crippen LogP contribution in [-0.4, -0.2) is 40.4 Å². The lowest BCUT2D eigenvalue weighted by Gasteiger charge is -2.26. The summed E-state index contributed by atoms with van der Waals surface area (Å²) >= 11 is 6.15. The van der Waals surface area contributed by atoms with E-state index in [4.69, 9.17) is 21.1 Å². The molecule has 1 aliphatic rings. The zero-order chi connectivity index (χ0) is 25.8. The molecule has 36 heavy (non-hydrogen) atoms. The molecule has 1 N–H and O–H groups in total. The molecule has 1 aliphatic heterocycles. The second kappa shape index (κ2) is 10.8. The van der Waals surface area contributed by atoms with Crippen molar-refractivity contribution in [3.63, 3.8) is 0 Å². The minimum absolute atomic E-state index is 0.0144. The Kier molecular flexibility index (Phi) is 7.60.